The molecule has 4 N–H and O–H groups in total. The molecule has 15 heavy (non-hydrogen) atoms. The largest absolute Gasteiger partial charge is 0.480 e. The van der Waals surface area contributed by atoms with Gasteiger partial charge in [-0.05, 0) is 0 Å². The lowest BCUT2D eigenvalue weighted by Gasteiger charge is -2.07. The summed E-state index contributed by atoms with van der Waals surface area (Å²) in [7, 11) is -3.18. The van der Waals surface area contributed by atoms with Gasteiger partial charge in [0.2, 0.25) is 5.91 Å². The molecule has 8 heteroatoms. The smallest absolute Gasteiger partial charge is 0.322 e. The lowest BCUT2D eigenvalue weighted by Crippen LogP contribution is -2.42. The van der Waals surface area contributed by atoms with Gasteiger partial charge >= 0.3 is 5.97 Å². The predicted molar refractivity (Wildman–Crippen MR) is 52.9 cm³/mol. The zero-order chi connectivity index (χ0) is 12.1. The van der Waals surface area contributed by atoms with Gasteiger partial charge in [0.15, 0.2) is 0 Å². The summed E-state index contributed by atoms with van der Waals surface area (Å²) in [4.78, 5) is 21.2. The highest BCUT2D eigenvalue weighted by Crippen LogP contribution is 1.88. The Morgan fingerprint density at radius 2 is 2.00 bits per heavy atom. The SMILES string of the molecule is CS(=O)(=O)CCC(=O)NC[C@H](N)C(=O)O. The molecule has 0 heterocycles. The van der Waals surface area contributed by atoms with Gasteiger partial charge in [-0.1, -0.05) is 0 Å². The molecular formula is C7H14N2O5S. The molecule has 1 atom stereocenters. The molecule has 7 nitrogen and oxygen atoms in total. The van der Waals surface area contributed by atoms with Gasteiger partial charge in [-0.2, -0.15) is 0 Å². The molecule has 0 aliphatic rings. The van der Waals surface area contributed by atoms with E-state index in [9.17, 15) is 18.0 Å². The number of aliphatic carboxylic acids is 1. The first-order valence-corrected chi connectivity index (χ1v) is 6.21. The Bertz CT molecular complexity index is 337. The quantitative estimate of drug-likeness (QED) is 0.489. The fourth-order valence-corrected chi connectivity index (χ4v) is 1.23. The fourth-order valence-electron chi connectivity index (χ4n) is 0.678. The summed E-state index contributed by atoms with van der Waals surface area (Å²) in [5, 5.41) is 10.6. The van der Waals surface area contributed by atoms with E-state index in [0.717, 1.165) is 6.26 Å². The monoisotopic (exact) mass is 238 g/mol. The van der Waals surface area contributed by atoms with Crippen LogP contribution in [0.5, 0.6) is 0 Å². The number of carboxylic acids is 1. The molecule has 0 saturated carbocycles. The molecule has 0 aromatic rings. The summed E-state index contributed by atoms with van der Waals surface area (Å²) in [5.74, 6) is -2.02. The number of hydrogen-bond acceptors (Lipinski definition) is 5. The molecule has 0 saturated heterocycles. The second kappa shape index (κ2) is 5.66. The van der Waals surface area contributed by atoms with Gasteiger partial charge in [-0.3, -0.25) is 9.59 Å². The number of carboxylic acid groups (broad SMARTS) is 1. The van der Waals surface area contributed by atoms with E-state index in [1.807, 2.05) is 0 Å². The third-order valence-electron chi connectivity index (χ3n) is 1.54. The summed E-state index contributed by atoms with van der Waals surface area (Å²) in [6, 6.07) is -1.17. The third-order valence-corrected chi connectivity index (χ3v) is 2.48. The van der Waals surface area contributed by atoms with Crippen LogP contribution in [0.4, 0.5) is 0 Å². The molecule has 0 fully saturated rings. The van der Waals surface area contributed by atoms with Crippen molar-refractivity contribution in [2.75, 3.05) is 18.6 Å². The van der Waals surface area contributed by atoms with Crippen LogP contribution in [0.1, 0.15) is 6.42 Å². The highest BCUT2D eigenvalue weighted by atomic mass is 32.2. The lowest BCUT2D eigenvalue weighted by molar-refractivity contribution is -0.138. The van der Waals surface area contributed by atoms with Gasteiger partial charge in [0.25, 0.3) is 0 Å². The molecule has 0 bridgehead atoms. The van der Waals surface area contributed by atoms with Crippen molar-refractivity contribution in [1.82, 2.24) is 5.32 Å². The third kappa shape index (κ3) is 7.89. The Morgan fingerprint density at radius 3 is 2.40 bits per heavy atom. The van der Waals surface area contributed by atoms with E-state index in [0.29, 0.717) is 0 Å². The molecule has 0 aliphatic heterocycles. The van der Waals surface area contributed by atoms with Gasteiger partial charge in [0.1, 0.15) is 15.9 Å². The Hall–Kier alpha value is -1.15. The number of hydrogen-bond donors (Lipinski definition) is 3. The maximum atomic E-state index is 11.0. The summed E-state index contributed by atoms with van der Waals surface area (Å²) >= 11 is 0. The Balaban J connectivity index is 3.82. The van der Waals surface area contributed by atoms with Crippen molar-refractivity contribution < 1.29 is 23.1 Å². The van der Waals surface area contributed by atoms with E-state index in [1.54, 1.807) is 0 Å². The van der Waals surface area contributed by atoms with E-state index in [2.05, 4.69) is 5.32 Å². The van der Waals surface area contributed by atoms with Crippen molar-refractivity contribution in [2.24, 2.45) is 5.73 Å². The Morgan fingerprint density at radius 1 is 1.47 bits per heavy atom. The molecule has 0 aromatic carbocycles. The minimum atomic E-state index is -3.18. The average molecular weight is 238 g/mol. The fraction of sp³-hybridized carbons (Fsp3) is 0.714. The zero-order valence-electron chi connectivity index (χ0n) is 8.26. The predicted octanol–water partition coefficient (Wildman–Crippen LogP) is -2.05. The number of nitrogens with one attached hydrogen (secondary N) is 1. The van der Waals surface area contributed by atoms with Crippen LogP contribution in [-0.2, 0) is 19.4 Å². The summed E-state index contributed by atoms with van der Waals surface area (Å²) in [6.45, 7) is -0.210. The molecule has 0 rings (SSSR count). The molecule has 0 aliphatic carbocycles. The summed E-state index contributed by atoms with van der Waals surface area (Å²) in [5.41, 5.74) is 5.11. The van der Waals surface area contributed by atoms with E-state index in [-0.39, 0.29) is 18.7 Å². The van der Waals surface area contributed by atoms with Gasteiger partial charge < -0.3 is 16.2 Å². The second-order valence-electron chi connectivity index (χ2n) is 3.13. The number of rotatable bonds is 6. The minimum absolute atomic E-state index is 0.189. The highest BCUT2D eigenvalue weighted by Gasteiger charge is 2.13. The molecule has 1 amide bonds. The molecule has 0 radical (unpaired) electrons. The molecule has 0 aromatic heterocycles. The van der Waals surface area contributed by atoms with E-state index in [1.165, 1.54) is 0 Å². The van der Waals surface area contributed by atoms with Crippen LogP contribution >= 0.6 is 0 Å². The van der Waals surface area contributed by atoms with Gasteiger partial charge in [-0.25, -0.2) is 8.42 Å². The lowest BCUT2D eigenvalue weighted by atomic mass is 10.3. The number of carbonyl (C=O) groups excluding carboxylic acids is 1. The van der Waals surface area contributed by atoms with E-state index >= 15 is 0 Å². The average Bonchev–Trinajstić information content (AvgIpc) is 2.09. The first-order valence-electron chi connectivity index (χ1n) is 4.15. The van der Waals surface area contributed by atoms with Gasteiger partial charge in [0.05, 0.1) is 5.75 Å². The van der Waals surface area contributed by atoms with E-state index < -0.39 is 27.8 Å². The van der Waals surface area contributed by atoms with Crippen molar-refractivity contribution in [2.45, 2.75) is 12.5 Å². The van der Waals surface area contributed by atoms with Crippen molar-refractivity contribution >= 4 is 21.7 Å². The van der Waals surface area contributed by atoms with Crippen LogP contribution in [0.2, 0.25) is 0 Å². The number of carbonyl (C=O) groups is 2. The summed E-state index contributed by atoms with van der Waals surface area (Å²) in [6.07, 6.45) is 0.828. The van der Waals surface area contributed by atoms with Crippen LogP contribution in [0.15, 0.2) is 0 Å². The van der Waals surface area contributed by atoms with Crippen molar-refractivity contribution in [3.63, 3.8) is 0 Å². The van der Waals surface area contributed by atoms with Crippen molar-refractivity contribution in [1.29, 1.82) is 0 Å². The highest BCUT2D eigenvalue weighted by molar-refractivity contribution is 7.90. The standard InChI is InChI=1S/C7H14N2O5S/c1-15(13,14)3-2-6(10)9-4-5(8)7(11)12/h5H,2-4,8H2,1H3,(H,9,10)(H,11,12)/t5-/m0/s1. The maximum Gasteiger partial charge on any atom is 0.322 e. The first kappa shape index (κ1) is 13.8. The first-order chi connectivity index (χ1) is 6.72. The van der Waals surface area contributed by atoms with Crippen molar-refractivity contribution in [3.8, 4) is 0 Å². The number of nitrogens with two attached hydrogens (primary N) is 1. The number of sulfone groups is 1. The molecule has 0 unspecified atom stereocenters. The van der Waals surface area contributed by atoms with Crippen LogP contribution in [0, 0.1) is 0 Å². The summed E-state index contributed by atoms with van der Waals surface area (Å²) < 4.78 is 21.4. The Kier molecular flexibility index (Phi) is 5.23. The van der Waals surface area contributed by atoms with Crippen LogP contribution in [0.25, 0.3) is 0 Å². The molecule has 0 spiro atoms. The van der Waals surface area contributed by atoms with Gasteiger partial charge in [-0.15, -0.1) is 0 Å². The topological polar surface area (TPSA) is 127 Å². The van der Waals surface area contributed by atoms with Crippen LogP contribution in [0.3, 0.4) is 0 Å². The van der Waals surface area contributed by atoms with Gasteiger partial charge in [0, 0.05) is 19.2 Å². The number of amides is 1. The maximum absolute atomic E-state index is 11.0. The molecule has 88 valence electrons. The normalized spacial score (nSPS) is 13.2. The second-order valence-corrected chi connectivity index (χ2v) is 5.39. The molecular weight excluding hydrogens is 224 g/mol. The van der Waals surface area contributed by atoms with Crippen molar-refractivity contribution in [3.05, 3.63) is 0 Å². The van der Waals surface area contributed by atoms with E-state index in [4.69, 9.17) is 10.8 Å². The van der Waals surface area contributed by atoms with Crippen LogP contribution in [-0.4, -0.2) is 50.0 Å². The minimum Gasteiger partial charge on any atom is -0.480 e. The zero-order valence-corrected chi connectivity index (χ0v) is 9.08. The van der Waals surface area contributed by atoms with Crippen LogP contribution < -0.4 is 11.1 Å². The Labute approximate surface area is 87.6 Å².